The van der Waals surface area contributed by atoms with Crippen LogP contribution < -0.4 is 20.7 Å². The molecular weight excluding hydrogens is 439 g/mol. The Morgan fingerprint density at radius 3 is 2.94 bits per heavy atom. The number of ether oxygens (including phenoxy) is 1. The Morgan fingerprint density at radius 2 is 2.18 bits per heavy atom. The van der Waals surface area contributed by atoms with Crippen molar-refractivity contribution < 1.29 is 13.9 Å². The van der Waals surface area contributed by atoms with E-state index in [1.165, 1.54) is 0 Å². The van der Waals surface area contributed by atoms with Crippen molar-refractivity contribution in [1.82, 2.24) is 30.0 Å². The number of nitrogens with zero attached hydrogens (tertiary/aromatic N) is 4. The van der Waals surface area contributed by atoms with Crippen LogP contribution in [0.1, 0.15) is 12.0 Å². The predicted octanol–water partition coefficient (Wildman–Crippen LogP) is 3.06. The third kappa shape index (κ3) is 4.05. The second-order valence-electron chi connectivity index (χ2n) is 8.29. The second-order valence-corrected chi connectivity index (χ2v) is 8.29. The molecule has 34 heavy (non-hydrogen) atoms. The van der Waals surface area contributed by atoms with Crippen LogP contribution in [-0.2, 0) is 11.8 Å². The predicted molar refractivity (Wildman–Crippen MR) is 127 cm³/mol. The number of hydrogen-bond donors (Lipinski definition) is 4. The van der Waals surface area contributed by atoms with Crippen molar-refractivity contribution in [3.63, 3.8) is 0 Å². The van der Waals surface area contributed by atoms with E-state index in [0.29, 0.717) is 23.2 Å². The summed E-state index contributed by atoms with van der Waals surface area (Å²) in [7, 11) is 3.35. The molecular formula is C23H25FN8O2. The number of methoxy groups -OCH3 is 1. The topological polar surface area (TPSA) is 122 Å². The molecule has 0 spiro atoms. The van der Waals surface area contributed by atoms with Crippen molar-refractivity contribution >= 4 is 34.1 Å². The molecule has 5 rings (SSSR count). The highest BCUT2D eigenvalue weighted by Crippen LogP contribution is 2.34. The fourth-order valence-corrected chi connectivity index (χ4v) is 4.17. The van der Waals surface area contributed by atoms with E-state index in [0.717, 1.165) is 27.7 Å². The first-order valence-corrected chi connectivity index (χ1v) is 10.9. The van der Waals surface area contributed by atoms with Crippen LogP contribution in [0.4, 0.5) is 21.7 Å². The number of carbonyl (C=O) groups is 1. The Morgan fingerprint density at radius 1 is 1.32 bits per heavy atom. The lowest BCUT2D eigenvalue weighted by molar-refractivity contribution is -0.117. The molecule has 3 aromatic heterocycles. The number of fused-ring (bicyclic) bond motifs is 1. The Labute approximate surface area is 194 Å². The number of para-hydroxylation sites is 1. The van der Waals surface area contributed by atoms with Gasteiger partial charge in [0.1, 0.15) is 11.9 Å². The number of hydrogen-bond acceptors (Lipinski definition) is 7. The molecule has 0 bridgehead atoms. The lowest BCUT2D eigenvalue weighted by Gasteiger charge is -2.12. The van der Waals surface area contributed by atoms with Crippen LogP contribution in [0.3, 0.4) is 0 Å². The lowest BCUT2D eigenvalue weighted by atomic mass is 10.1. The van der Waals surface area contributed by atoms with E-state index in [9.17, 15) is 9.18 Å². The summed E-state index contributed by atoms with van der Waals surface area (Å²) in [6.07, 6.45) is 4.56. The maximum absolute atomic E-state index is 13.5. The van der Waals surface area contributed by atoms with Gasteiger partial charge >= 0.3 is 0 Å². The van der Waals surface area contributed by atoms with E-state index in [4.69, 9.17) is 9.72 Å². The molecule has 4 heterocycles. The first-order valence-electron chi connectivity index (χ1n) is 10.9. The summed E-state index contributed by atoms with van der Waals surface area (Å²) in [5.41, 5.74) is 4.55. The zero-order chi connectivity index (χ0) is 23.8. The van der Waals surface area contributed by atoms with Crippen molar-refractivity contribution in [3.05, 3.63) is 42.4 Å². The van der Waals surface area contributed by atoms with Gasteiger partial charge in [-0.25, -0.2) is 14.4 Å². The lowest BCUT2D eigenvalue weighted by Crippen LogP contribution is -2.35. The number of halogens is 1. The minimum atomic E-state index is -1.00. The van der Waals surface area contributed by atoms with Crippen molar-refractivity contribution in [1.29, 1.82) is 0 Å². The normalized spacial score (nSPS) is 17.8. The van der Waals surface area contributed by atoms with E-state index in [2.05, 4.69) is 31.0 Å². The van der Waals surface area contributed by atoms with E-state index < -0.39 is 12.2 Å². The Bertz CT molecular complexity index is 1360. The number of alkyl halides is 1. The van der Waals surface area contributed by atoms with Gasteiger partial charge in [0.15, 0.2) is 0 Å². The van der Waals surface area contributed by atoms with Crippen LogP contribution in [0.5, 0.6) is 5.88 Å². The average Bonchev–Trinajstić information content (AvgIpc) is 3.53. The molecule has 4 N–H and O–H groups in total. The molecule has 176 valence electrons. The largest absolute Gasteiger partial charge is 0.478 e. The SMILES string of the molecule is COc1nn(C)cc1Nc1ncc(C)c(-c2c[nH]c3c(NC(=O)C4C[C@H](F)CN4)cccc23)n1. The highest BCUT2D eigenvalue weighted by Gasteiger charge is 2.29. The third-order valence-corrected chi connectivity index (χ3v) is 5.83. The first kappa shape index (κ1) is 21.8. The van der Waals surface area contributed by atoms with Crippen LogP contribution in [0.15, 0.2) is 36.8 Å². The molecule has 1 aliphatic heterocycles. The van der Waals surface area contributed by atoms with Crippen LogP contribution in [0.25, 0.3) is 22.2 Å². The Hall–Kier alpha value is -3.99. The van der Waals surface area contributed by atoms with Gasteiger partial charge in [0.05, 0.1) is 36.2 Å². The zero-order valence-electron chi connectivity index (χ0n) is 19.0. The Kier molecular flexibility index (Phi) is 5.62. The first-order chi connectivity index (χ1) is 16.4. The number of amides is 1. The molecule has 4 aromatic rings. The highest BCUT2D eigenvalue weighted by molar-refractivity contribution is 6.06. The average molecular weight is 465 g/mol. The number of aryl methyl sites for hydroxylation is 2. The molecule has 0 saturated carbocycles. The van der Waals surface area contributed by atoms with Gasteiger partial charge in [-0.15, -0.1) is 5.10 Å². The molecule has 10 nitrogen and oxygen atoms in total. The number of benzene rings is 1. The summed E-state index contributed by atoms with van der Waals surface area (Å²) >= 11 is 0. The van der Waals surface area contributed by atoms with Gasteiger partial charge in [-0.1, -0.05) is 12.1 Å². The third-order valence-electron chi connectivity index (χ3n) is 5.83. The molecule has 1 unspecified atom stereocenters. The van der Waals surface area contributed by atoms with Crippen molar-refractivity contribution in [3.8, 4) is 17.1 Å². The van der Waals surface area contributed by atoms with Crippen LogP contribution in [-0.4, -0.2) is 56.5 Å². The van der Waals surface area contributed by atoms with E-state index in [1.807, 2.05) is 31.3 Å². The summed E-state index contributed by atoms with van der Waals surface area (Å²) < 4.78 is 20.4. The molecule has 1 aromatic carbocycles. The maximum atomic E-state index is 13.5. The number of rotatable bonds is 6. The molecule has 1 aliphatic rings. The number of nitrogens with one attached hydrogen (secondary N) is 4. The number of anilines is 3. The fraction of sp³-hybridized carbons (Fsp3) is 0.304. The van der Waals surface area contributed by atoms with Crippen molar-refractivity contribution in [2.45, 2.75) is 25.6 Å². The van der Waals surface area contributed by atoms with Crippen LogP contribution in [0, 0.1) is 6.92 Å². The summed E-state index contributed by atoms with van der Waals surface area (Å²) in [5, 5.41) is 14.1. The van der Waals surface area contributed by atoms with Gasteiger partial charge in [0.25, 0.3) is 5.88 Å². The van der Waals surface area contributed by atoms with E-state index in [-0.39, 0.29) is 18.9 Å². The summed E-state index contributed by atoms with van der Waals surface area (Å²) in [6.45, 7) is 2.14. The van der Waals surface area contributed by atoms with Gasteiger partial charge in [-0.2, -0.15) is 0 Å². The highest BCUT2D eigenvalue weighted by atomic mass is 19.1. The standard InChI is InChI=1S/C23H25FN8O2/c1-12-8-27-23(29-18-11-32(2)31-22(18)34-3)30-19(12)15-10-26-20-14(15)5-4-6-16(20)28-21(33)17-7-13(24)9-25-17/h4-6,8,10-11,13,17,25-26H,7,9H2,1-3H3,(H,28,33)(H,27,29,30)/t13-,17?/m0/s1. The van der Waals surface area contributed by atoms with Gasteiger partial charge < -0.3 is 25.7 Å². The summed E-state index contributed by atoms with van der Waals surface area (Å²) in [5.74, 6) is 0.592. The van der Waals surface area contributed by atoms with Gasteiger partial charge in [0.2, 0.25) is 11.9 Å². The summed E-state index contributed by atoms with van der Waals surface area (Å²) in [6, 6.07) is 5.10. The summed E-state index contributed by atoms with van der Waals surface area (Å²) in [4.78, 5) is 25.0. The van der Waals surface area contributed by atoms with Gasteiger partial charge in [-0.3, -0.25) is 9.48 Å². The molecule has 1 fully saturated rings. The van der Waals surface area contributed by atoms with Crippen molar-refractivity contribution in [2.75, 3.05) is 24.3 Å². The zero-order valence-corrected chi connectivity index (χ0v) is 19.0. The number of carbonyl (C=O) groups excluding carboxylic acids is 1. The monoisotopic (exact) mass is 464 g/mol. The van der Waals surface area contributed by atoms with Gasteiger partial charge in [-0.05, 0) is 18.6 Å². The molecule has 11 heteroatoms. The smallest absolute Gasteiger partial charge is 0.256 e. The van der Waals surface area contributed by atoms with E-state index >= 15 is 0 Å². The molecule has 0 radical (unpaired) electrons. The van der Waals surface area contributed by atoms with E-state index in [1.54, 1.807) is 31.2 Å². The van der Waals surface area contributed by atoms with Crippen molar-refractivity contribution in [2.24, 2.45) is 7.05 Å². The maximum Gasteiger partial charge on any atom is 0.256 e. The molecule has 2 atom stereocenters. The minimum absolute atomic E-state index is 0.176. The minimum Gasteiger partial charge on any atom is -0.478 e. The van der Waals surface area contributed by atoms with Crippen LogP contribution >= 0.6 is 0 Å². The quantitative estimate of drug-likeness (QED) is 0.346. The fourth-order valence-electron chi connectivity index (χ4n) is 4.17. The number of aromatic amines is 1. The van der Waals surface area contributed by atoms with Gasteiger partial charge in [0, 0.05) is 43.4 Å². The molecule has 1 amide bonds. The van der Waals surface area contributed by atoms with Crippen LogP contribution in [0.2, 0.25) is 0 Å². The Balaban J connectivity index is 1.46. The molecule has 0 aliphatic carbocycles. The molecule has 1 saturated heterocycles. The number of aromatic nitrogens is 5. The number of H-pyrrole nitrogens is 1. The second kappa shape index (κ2) is 8.75.